The third-order valence-corrected chi connectivity index (χ3v) is 6.76. The van der Waals surface area contributed by atoms with Gasteiger partial charge in [-0.3, -0.25) is 14.5 Å². The first-order valence-corrected chi connectivity index (χ1v) is 11.1. The van der Waals surface area contributed by atoms with Crippen LogP contribution in [0.1, 0.15) is 39.7 Å². The fourth-order valence-electron chi connectivity index (χ4n) is 3.62. The summed E-state index contributed by atoms with van der Waals surface area (Å²) in [6.07, 6.45) is 0.702. The van der Waals surface area contributed by atoms with Gasteiger partial charge in [-0.05, 0) is 42.3 Å². The van der Waals surface area contributed by atoms with Gasteiger partial charge in [-0.25, -0.2) is 0 Å². The summed E-state index contributed by atoms with van der Waals surface area (Å²) in [5.74, 6) is -0.393. The summed E-state index contributed by atoms with van der Waals surface area (Å²) < 4.78 is 6.75. The lowest BCUT2D eigenvalue weighted by Crippen LogP contribution is -2.29. The summed E-state index contributed by atoms with van der Waals surface area (Å²) in [5, 5.41) is 10.3. The van der Waals surface area contributed by atoms with Gasteiger partial charge in [-0.1, -0.05) is 57.9 Å². The number of amides is 1. The smallest absolute Gasteiger partial charge is 0.297 e. The quantitative estimate of drug-likeness (QED) is 0.376. The zero-order valence-electron chi connectivity index (χ0n) is 15.6. The van der Waals surface area contributed by atoms with E-state index in [-0.39, 0.29) is 16.8 Å². The Hall–Kier alpha value is -2.55. The number of benzene rings is 2. The van der Waals surface area contributed by atoms with Crippen molar-refractivity contribution in [2.45, 2.75) is 19.4 Å². The van der Waals surface area contributed by atoms with Crippen LogP contribution in [0.5, 0.6) is 0 Å². The fourth-order valence-corrected chi connectivity index (χ4v) is 5.01. The van der Waals surface area contributed by atoms with Crippen LogP contribution in [-0.4, -0.2) is 16.1 Å². The molecule has 1 atom stereocenters. The van der Waals surface area contributed by atoms with Gasteiger partial charge >= 0.3 is 0 Å². The molecule has 0 fully saturated rings. The summed E-state index contributed by atoms with van der Waals surface area (Å²) in [6, 6.07) is 11.6. The molecule has 5 rings (SSSR count). The third kappa shape index (κ3) is 2.98. The maximum absolute atomic E-state index is 13.5. The Morgan fingerprint density at radius 2 is 2.03 bits per heavy atom. The van der Waals surface area contributed by atoms with Crippen molar-refractivity contribution in [1.82, 2.24) is 10.2 Å². The zero-order chi connectivity index (χ0) is 21.0. The molecule has 30 heavy (non-hydrogen) atoms. The number of aryl methyl sites for hydroxylation is 1. The van der Waals surface area contributed by atoms with Gasteiger partial charge in [0.25, 0.3) is 5.91 Å². The Morgan fingerprint density at radius 1 is 1.20 bits per heavy atom. The first kappa shape index (κ1) is 19.4. The van der Waals surface area contributed by atoms with Crippen LogP contribution in [0.2, 0.25) is 5.02 Å². The molecule has 0 aliphatic carbocycles. The van der Waals surface area contributed by atoms with Gasteiger partial charge in [0, 0.05) is 9.50 Å². The maximum Gasteiger partial charge on any atom is 0.297 e. The molecular formula is C21H13BrClN3O3S. The summed E-state index contributed by atoms with van der Waals surface area (Å²) >= 11 is 10.9. The second-order valence-electron chi connectivity index (χ2n) is 6.78. The average Bonchev–Trinajstić information content (AvgIpc) is 3.31. The van der Waals surface area contributed by atoms with E-state index in [1.54, 1.807) is 18.2 Å². The van der Waals surface area contributed by atoms with E-state index in [1.165, 1.54) is 16.2 Å². The van der Waals surface area contributed by atoms with Gasteiger partial charge in [-0.2, -0.15) is 0 Å². The van der Waals surface area contributed by atoms with E-state index in [9.17, 15) is 9.59 Å². The van der Waals surface area contributed by atoms with Crippen molar-refractivity contribution in [3.05, 3.63) is 84.1 Å². The number of anilines is 1. The number of halogens is 2. The van der Waals surface area contributed by atoms with Gasteiger partial charge in [0.15, 0.2) is 5.43 Å². The number of rotatable bonds is 3. The van der Waals surface area contributed by atoms with Crippen molar-refractivity contribution in [1.29, 1.82) is 0 Å². The Morgan fingerprint density at radius 3 is 2.77 bits per heavy atom. The summed E-state index contributed by atoms with van der Waals surface area (Å²) in [5.41, 5.74) is 1.08. The van der Waals surface area contributed by atoms with Gasteiger partial charge in [0.1, 0.15) is 10.6 Å². The van der Waals surface area contributed by atoms with E-state index in [0.717, 1.165) is 15.0 Å². The second kappa shape index (κ2) is 7.30. The minimum Gasteiger partial charge on any atom is -0.450 e. The SMILES string of the molecule is CCc1nnc(N2C(=O)c3oc4ccc(Cl)cc4c(=O)c3[C@H]2c2cccc(Br)c2)s1. The van der Waals surface area contributed by atoms with Crippen molar-refractivity contribution in [3.63, 3.8) is 0 Å². The molecule has 2 aromatic carbocycles. The molecule has 150 valence electrons. The molecule has 1 amide bonds. The molecule has 2 aromatic heterocycles. The van der Waals surface area contributed by atoms with Crippen molar-refractivity contribution >= 4 is 60.9 Å². The molecule has 0 spiro atoms. The largest absolute Gasteiger partial charge is 0.450 e. The molecule has 6 nitrogen and oxygen atoms in total. The van der Waals surface area contributed by atoms with Crippen LogP contribution in [0.15, 0.2) is 56.1 Å². The number of nitrogens with zero attached hydrogens (tertiary/aromatic N) is 3. The lowest BCUT2D eigenvalue weighted by molar-refractivity contribution is 0.0970. The molecule has 3 heterocycles. The van der Waals surface area contributed by atoms with Gasteiger partial charge in [-0.15, -0.1) is 10.2 Å². The Labute approximate surface area is 188 Å². The summed E-state index contributed by atoms with van der Waals surface area (Å²) in [6.45, 7) is 1.97. The third-order valence-electron chi connectivity index (χ3n) is 4.96. The van der Waals surface area contributed by atoms with Gasteiger partial charge < -0.3 is 4.42 Å². The van der Waals surface area contributed by atoms with Crippen LogP contribution in [0.3, 0.4) is 0 Å². The predicted molar refractivity (Wildman–Crippen MR) is 120 cm³/mol. The highest BCUT2D eigenvalue weighted by Gasteiger charge is 2.45. The minimum absolute atomic E-state index is 0.0213. The molecule has 0 unspecified atom stereocenters. The second-order valence-corrected chi connectivity index (χ2v) is 9.17. The van der Waals surface area contributed by atoms with Crippen LogP contribution >= 0.6 is 38.9 Å². The van der Waals surface area contributed by atoms with Gasteiger partial charge in [0.2, 0.25) is 10.9 Å². The first-order chi connectivity index (χ1) is 14.5. The molecule has 4 aromatic rings. The molecule has 1 aliphatic rings. The van der Waals surface area contributed by atoms with Crippen LogP contribution in [-0.2, 0) is 6.42 Å². The molecule has 0 saturated heterocycles. The topological polar surface area (TPSA) is 76.3 Å². The van der Waals surface area contributed by atoms with E-state index in [1.807, 2.05) is 31.2 Å². The van der Waals surface area contributed by atoms with Crippen LogP contribution in [0.4, 0.5) is 5.13 Å². The molecule has 1 aliphatic heterocycles. The predicted octanol–water partition coefficient (Wildman–Crippen LogP) is 5.37. The number of hydrogen-bond acceptors (Lipinski definition) is 6. The van der Waals surface area contributed by atoms with Gasteiger partial charge in [0.05, 0.1) is 17.0 Å². The first-order valence-electron chi connectivity index (χ1n) is 9.15. The molecule has 0 radical (unpaired) electrons. The number of aromatic nitrogens is 2. The van der Waals surface area contributed by atoms with Crippen LogP contribution in [0.25, 0.3) is 11.0 Å². The minimum atomic E-state index is -0.678. The van der Waals surface area contributed by atoms with Crippen molar-refractivity contribution < 1.29 is 9.21 Å². The molecular weight excluding hydrogens is 490 g/mol. The monoisotopic (exact) mass is 501 g/mol. The number of carbonyl (C=O) groups excluding carboxylic acids is 1. The standard InChI is InChI=1S/C21H13BrClN3O3S/c1-2-15-24-25-21(30-15)26-17(10-4-3-5-11(22)8-10)16-18(27)13-9-12(23)6-7-14(13)29-19(16)20(26)28/h3-9,17H,2H2,1H3/t17-/m1/s1. The van der Waals surface area contributed by atoms with E-state index in [0.29, 0.717) is 27.5 Å². The van der Waals surface area contributed by atoms with Crippen molar-refractivity contribution in [3.8, 4) is 0 Å². The Bertz CT molecular complexity index is 1380. The van der Waals surface area contributed by atoms with Crippen molar-refractivity contribution in [2.75, 3.05) is 4.90 Å². The average molecular weight is 503 g/mol. The molecule has 0 N–H and O–H groups in total. The van der Waals surface area contributed by atoms with E-state index in [2.05, 4.69) is 26.1 Å². The van der Waals surface area contributed by atoms with Crippen LogP contribution < -0.4 is 10.3 Å². The highest BCUT2D eigenvalue weighted by Crippen LogP contribution is 2.42. The van der Waals surface area contributed by atoms with E-state index >= 15 is 0 Å². The molecule has 0 saturated carbocycles. The molecule has 9 heteroatoms. The lowest BCUT2D eigenvalue weighted by Gasteiger charge is -2.22. The normalized spacial score (nSPS) is 15.8. The van der Waals surface area contributed by atoms with E-state index in [4.69, 9.17) is 16.0 Å². The zero-order valence-corrected chi connectivity index (χ0v) is 18.7. The van der Waals surface area contributed by atoms with E-state index < -0.39 is 11.9 Å². The number of fused-ring (bicyclic) bond motifs is 2. The lowest BCUT2D eigenvalue weighted by atomic mass is 9.99. The van der Waals surface area contributed by atoms with Crippen molar-refractivity contribution in [2.24, 2.45) is 0 Å². The Kier molecular flexibility index (Phi) is 4.72. The number of carbonyl (C=O) groups is 1. The number of hydrogen-bond donors (Lipinski definition) is 0. The highest BCUT2D eigenvalue weighted by atomic mass is 79.9. The van der Waals surface area contributed by atoms with Crippen LogP contribution in [0, 0.1) is 0 Å². The molecule has 0 bridgehead atoms. The highest BCUT2D eigenvalue weighted by molar-refractivity contribution is 9.10. The fraction of sp³-hybridized carbons (Fsp3) is 0.143. The maximum atomic E-state index is 13.5. The summed E-state index contributed by atoms with van der Waals surface area (Å²) in [4.78, 5) is 28.4. The summed E-state index contributed by atoms with van der Waals surface area (Å²) in [7, 11) is 0. The Balaban J connectivity index is 1.82.